The predicted molar refractivity (Wildman–Crippen MR) is 104 cm³/mol. The minimum absolute atomic E-state index is 0.00259. The van der Waals surface area contributed by atoms with E-state index >= 15 is 0 Å². The maximum Gasteiger partial charge on any atom is 0.416 e. The molecule has 32 heavy (non-hydrogen) atoms. The number of benzene rings is 1. The molecule has 162 valence electrons. The summed E-state index contributed by atoms with van der Waals surface area (Å²) in [7, 11) is 1.75. The Morgan fingerprint density at radius 3 is 2.88 bits per heavy atom. The van der Waals surface area contributed by atoms with Gasteiger partial charge in [0.1, 0.15) is 17.5 Å². The second kappa shape index (κ2) is 7.14. The van der Waals surface area contributed by atoms with Crippen molar-refractivity contribution in [3.05, 3.63) is 53.9 Å². The van der Waals surface area contributed by atoms with Crippen LogP contribution in [0.4, 0.5) is 13.2 Å². The quantitative estimate of drug-likeness (QED) is 0.438. The minimum atomic E-state index is -4.46. The summed E-state index contributed by atoms with van der Waals surface area (Å²) in [5, 5.41) is 6.54. The molecule has 2 N–H and O–H groups in total. The molecule has 10 nitrogen and oxygen atoms in total. The van der Waals surface area contributed by atoms with Gasteiger partial charge in [-0.25, -0.2) is 19.9 Å². The van der Waals surface area contributed by atoms with Crippen LogP contribution in [0.15, 0.2) is 41.4 Å². The molecule has 0 atom stereocenters. The number of aromatic amines is 1. The topological polar surface area (TPSA) is 127 Å². The van der Waals surface area contributed by atoms with Crippen molar-refractivity contribution in [2.75, 3.05) is 0 Å². The van der Waals surface area contributed by atoms with Gasteiger partial charge in [0.2, 0.25) is 0 Å². The molecule has 4 heterocycles. The molecular formula is C19H13F3N8O2. The van der Waals surface area contributed by atoms with Crippen LogP contribution >= 0.6 is 0 Å². The molecule has 0 fully saturated rings. The van der Waals surface area contributed by atoms with Crippen molar-refractivity contribution in [1.82, 2.24) is 40.0 Å². The van der Waals surface area contributed by atoms with Crippen molar-refractivity contribution in [3.63, 3.8) is 0 Å². The van der Waals surface area contributed by atoms with Gasteiger partial charge in [-0.15, -0.1) is 0 Å². The number of H-pyrrole nitrogens is 1. The van der Waals surface area contributed by atoms with Gasteiger partial charge in [-0.05, 0) is 18.2 Å². The molecule has 0 aliphatic carbocycles. The number of carbonyl (C=O) groups is 1. The number of amides is 1. The highest BCUT2D eigenvalue weighted by Crippen LogP contribution is 2.31. The van der Waals surface area contributed by atoms with Crippen molar-refractivity contribution in [2.45, 2.75) is 12.7 Å². The maximum absolute atomic E-state index is 12.9. The first-order valence-corrected chi connectivity index (χ1v) is 9.23. The van der Waals surface area contributed by atoms with Crippen molar-refractivity contribution >= 4 is 28.1 Å². The van der Waals surface area contributed by atoms with Gasteiger partial charge in [0.05, 0.1) is 29.5 Å². The van der Waals surface area contributed by atoms with E-state index in [-0.39, 0.29) is 29.3 Å². The average Bonchev–Trinajstić information content (AvgIpc) is 3.49. The number of hydrogen-bond donors (Lipinski definition) is 2. The lowest BCUT2D eigenvalue weighted by Gasteiger charge is -2.05. The SMILES string of the molecule is Cn1cnc2c(C(=O)NCc3cc(-c4nc5ccc(C(F)(F)F)cc5[nH]4)no3)ncnc21. The number of alkyl halides is 3. The van der Waals surface area contributed by atoms with E-state index in [1.54, 1.807) is 11.6 Å². The van der Waals surface area contributed by atoms with Gasteiger partial charge in [0, 0.05) is 13.1 Å². The third-order valence-electron chi connectivity index (χ3n) is 4.75. The van der Waals surface area contributed by atoms with E-state index in [0.717, 1.165) is 12.1 Å². The van der Waals surface area contributed by atoms with Gasteiger partial charge in [-0.1, -0.05) is 5.16 Å². The van der Waals surface area contributed by atoms with Gasteiger partial charge in [0.15, 0.2) is 22.9 Å². The molecular weight excluding hydrogens is 429 g/mol. The predicted octanol–water partition coefficient (Wildman–Crippen LogP) is 2.84. The number of fused-ring (bicyclic) bond motifs is 2. The average molecular weight is 442 g/mol. The van der Waals surface area contributed by atoms with Crippen molar-refractivity contribution in [1.29, 1.82) is 0 Å². The van der Waals surface area contributed by atoms with Crippen molar-refractivity contribution in [3.8, 4) is 11.5 Å². The monoisotopic (exact) mass is 442 g/mol. The highest BCUT2D eigenvalue weighted by atomic mass is 19.4. The molecule has 4 aromatic heterocycles. The largest absolute Gasteiger partial charge is 0.416 e. The summed E-state index contributed by atoms with van der Waals surface area (Å²) in [6, 6.07) is 4.74. The summed E-state index contributed by atoms with van der Waals surface area (Å²) in [4.78, 5) is 31.8. The summed E-state index contributed by atoms with van der Waals surface area (Å²) in [6.07, 6.45) is -1.65. The highest BCUT2D eigenvalue weighted by Gasteiger charge is 2.30. The van der Waals surface area contributed by atoms with E-state index in [0.29, 0.717) is 22.4 Å². The summed E-state index contributed by atoms with van der Waals surface area (Å²) in [6.45, 7) is 0.00259. The Kier molecular flexibility index (Phi) is 4.39. The summed E-state index contributed by atoms with van der Waals surface area (Å²) < 4.78 is 45.6. The molecule has 0 saturated carbocycles. The number of hydrogen-bond acceptors (Lipinski definition) is 7. The van der Waals surface area contributed by atoms with Crippen LogP contribution in [-0.4, -0.2) is 40.6 Å². The molecule has 5 aromatic rings. The Balaban J connectivity index is 1.33. The molecule has 0 saturated heterocycles. The van der Waals surface area contributed by atoms with Gasteiger partial charge in [-0.2, -0.15) is 13.2 Å². The van der Waals surface area contributed by atoms with E-state index in [2.05, 4.69) is 35.4 Å². The van der Waals surface area contributed by atoms with Crippen LogP contribution in [0.3, 0.4) is 0 Å². The van der Waals surface area contributed by atoms with Crippen LogP contribution in [-0.2, 0) is 19.8 Å². The lowest BCUT2D eigenvalue weighted by molar-refractivity contribution is -0.137. The van der Waals surface area contributed by atoms with Crippen LogP contribution in [0, 0.1) is 0 Å². The van der Waals surface area contributed by atoms with E-state index in [1.165, 1.54) is 24.8 Å². The highest BCUT2D eigenvalue weighted by molar-refractivity contribution is 6.01. The molecule has 13 heteroatoms. The molecule has 1 aromatic carbocycles. The molecule has 0 aliphatic heterocycles. The molecule has 0 radical (unpaired) electrons. The second-order valence-electron chi connectivity index (χ2n) is 6.93. The Morgan fingerprint density at radius 2 is 2.06 bits per heavy atom. The fourth-order valence-electron chi connectivity index (χ4n) is 3.18. The third kappa shape index (κ3) is 3.42. The standard InChI is InChI=1S/C19H13F3N8O2/c1-30-8-26-14-15(24-7-25-17(14)30)18(31)23-6-10-5-13(29-32-10)16-27-11-3-2-9(19(20,21)22)4-12(11)28-16/h2-5,7-8H,6H2,1H3,(H,23,31)(H,27,28). The fourth-order valence-corrected chi connectivity index (χ4v) is 3.18. The maximum atomic E-state index is 12.9. The van der Waals surface area contributed by atoms with E-state index in [9.17, 15) is 18.0 Å². The van der Waals surface area contributed by atoms with Crippen molar-refractivity contribution in [2.24, 2.45) is 7.05 Å². The lowest BCUT2D eigenvalue weighted by Crippen LogP contribution is -2.24. The van der Waals surface area contributed by atoms with E-state index < -0.39 is 17.6 Å². The Morgan fingerprint density at radius 1 is 1.22 bits per heavy atom. The third-order valence-corrected chi connectivity index (χ3v) is 4.75. The molecule has 0 spiro atoms. The van der Waals surface area contributed by atoms with Crippen LogP contribution in [0.1, 0.15) is 21.8 Å². The first-order valence-electron chi connectivity index (χ1n) is 9.23. The molecule has 1 amide bonds. The van der Waals surface area contributed by atoms with E-state index in [4.69, 9.17) is 4.52 Å². The number of imidazole rings is 2. The first kappa shape index (κ1) is 19.7. The molecule has 0 unspecified atom stereocenters. The fraction of sp³-hybridized carbons (Fsp3) is 0.158. The van der Waals surface area contributed by atoms with E-state index in [1.807, 2.05) is 0 Å². The Hall–Kier alpha value is -4.29. The second-order valence-corrected chi connectivity index (χ2v) is 6.93. The normalized spacial score (nSPS) is 12.0. The number of nitrogens with one attached hydrogen (secondary N) is 2. The van der Waals surface area contributed by atoms with Crippen LogP contribution in [0.5, 0.6) is 0 Å². The molecule has 5 rings (SSSR count). The smallest absolute Gasteiger partial charge is 0.359 e. The van der Waals surface area contributed by atoms with Crippen LogP contribution < -0.4 is 5.32 Å². The summed E-state index contributed by atoms with van der Waals surface area (Å²) in [5.74, 6) is 0.0835. The molecule has 0 aliphatic rings. The number of aryl methyl sites for hydroxylation is 1. The molecule has 0 bridgehead atoms. The zero-order valence-electron chi connectivity index (χ0n) is 16.3. The van der Waals surface area contributed by atoms with Gasteiger partial charge < -0.3 is 19.4 Å². The van der Waals surface area contributed by atoms with Crippen molar-refractivity contribution < 1.29 is 22.5 Å². The first-order chi connectivity index (χ1) is 15.3. The van der Waals surface area contributed by atoms with Crippen LogP contribution in [0.2, 0.25) is 0 Å². The zero-order chi connectivity index (χ0) is 22.5. The lowest BCUT2D eigenvalue weighted by atomic mass is 10.2. The number of aromatic nitrogens is 7. The summed E-state index contributed by atoms with van der Waals surface area (Å²) >= 11 is 0. The summed E-state index contributed by atoms with van der Waals surface area (Å²) in [5.41, 5.74) is 1.08. The van der Waals surface area contributed by atoms with Gasteiger partial charge in [0.25, 0.3) is 5.91 Å². The number of rotatable bonds is 4. The number of halogens is 3. The van der Waals surface area contributed by atoms with Crippen LogP contribution in [0.25, 0.3) is 33.7 Å². The Bertz CT molecular complexity index is 1470. The zero-order valence-corrected chi connectivity index (χ0v) is 16.3. The Labute approximate surface area is 176 Å². The number of carbonyl (C=O) groups excluding carboxylic acids is 1. The van der Waals surface area contributed by atoms with Gasteiger partial charge in [-0.3, -0.25) is 4.79 Å². The number of nitrogens with zero attached hydrogens (tertiary/aromatic N) is 6. The minimum Gasteiger partial charge on any atom is -0.359 e. The van der Waals surface area contributed by atoms with Gasteiger partial charge >= 0.3 is 6.18 Å².